The Hall–Kier alpha value is -1.75. The van der Waals surface area contributed by atoms with Crippen LogP contribution < -0.4 is 15.2 Å². The van der Waals surface area contributed by atoms with Crippen LogP contribution in [0.1, 0.15) is 19.8 Å². The average molecular weight is 292 g/mol. The Kier molecular flexibility index (Phi) is 5.44. The Morgan fingerprint density at radius 2 is 2.10 bits per heavy atom. The van der Waals surface area contributed by atoms with Crippen LogP contribution in [-0.2, 0) is 4.79 Å². The molecular weight excluding hydrogens is 268 g/mol. The number of hydrogen-bond acceptors (Lipinski definition) is 4. The molecule has 5 heteroatoms. The van der Waals surface area contributed by atoms with Gasteiger partial charge in [0.2, 0.25) is 5.91 Å². The van der Waals surface area contributed by atoms with Crippen LogP contribution in [0.3, 0.4) is 0 Å². The summed E-state index contributed by atoms with van der Waals surface area (Å²) in [6.45, 7) is 3.85. The molecule has 1 aromatic carbocycles. The second-order valence-corrected chi connectivity index (χ2v) is 5.48. The molecule has 0 radical (unpaired) electrons. The Labute approximate surface area is 126 Å². The topological polar surface area (TPSA) is 64.8 Å². The predicted octanol–water partition coefficient (Wildman–Crippen LogP) is 1.66. The lowest BCUT2D eigenvalue weighted by atomic mass is 10.1. The van der Waals surface area contributed by atoms with E-state index in [0.717, 1.165) is 13.0 Å². The van der Waals surface area contributed by atoms with Crippen LogP contribution in [-0.4, -0.2) is 43.7 Å². The van der Waals surface area contributed by atoms with Crippen LogP contribution in [0.4, 0.5) is 0 Å². The third-order valence-corrected chi connectivity index (χ3v) is 3.96. The fourth-order valence-electron chi connectivity index (χ4n) is 2.79. The van der Waals surface area contributed by atoms with E-state index in [1.165, 1.54) is 0 Å². The number of hydrogen-bond donors (Lipinski definition) is 1. The highest BCUT2D eigenvalue weighted by atomic mass is 16.5. The van der Waals surface area contributed by atoms with Crippen molar-refractivity contribution < 1.29 is 14.3 Å². The smallest absolute Gasteiger partial charge is 0.226 e. The second kappa shape index (κ2) is 7.31. The SMILES string of the molecule is COc1ccccc1OCCC(=O)N1CC(CN)CC1C. The summed E-state index contributed by atoms with van der Waals surface area (Å²) < 4.78 is 10.9. The molecule has 1 aliphatic heterocycles. The largest absolute Gasteiger partial charge is 0.493 e. The lowest BCUT2D eigenvalue weighted by Gasteiger charge is -2.21. The molecule has 2 unspecified atom stereocenters. The maximum absolute atomic E-state index is 12.2. The van der Waals surface area contributed by atoms with Crippen LogP contribution in [0.5, 0.6) is 11.5 Å². The molecule has 0 aromatic heterocycles. The van der Waals surface area contributed by atoms with Gasteiger partial charge in [0.05, 0.1) is 20.1 Å². The molecule has 1 amide bonds. The van der Waals surface area contributed by atoms with Gasteiger partial charge in [0.15, 0.2) is 11.5 Å². The number of benzene rings is 1. The van der Waals surface area contributed by atoms with Crippen LogP contribution in [0.2, 0.25) is 0 Å². The number of nitrogens with two attached hydrogens (primary N) is 1. The minimum atomic E-state index is 0.133. The van der Waals surface area contributed by atoms with Gasteiger partial charge in [-0.2, -0.15) is 0 Å². The normalized spacial score (nSPS) is 21.4. The maximum atomic E-state index is 12.2. The van der Waals surface area contributed by atoms with Gasteiger partial charge >= 0.3 is 0 Å². The van der Waals surface area contributed by atoms with Crippen molar-refractivity contribution in [3.05, 3.63) is 24.3 Å². The molecule has 0 saturated carbocycles. The van der Waals surface area contributed by atoms with E-state index < -0.39 is 0 Å². The van der Waals surface area contributed by atoms with Gasteiger partial charge in [-0.15, -0.1) is 0 Å². The van der Waals surface area contributed by atoms with Crippen molar-refractivity contribution in [1.82, 2.24) is 4.90 Å². The van der Waals surface area contributed by atoms with Gasteiger partial charge in [-0.05, 0) is 37.9 Å². The first kappa shape index (κ1) is 15.6. The molecule has 2 rings (SSSR count). The predicted molar refractivity (Wildman–Crippen MR) is 81.4 cm³/mol. The summed E-state index contributed by atoms with van der Waals surface area (Å²) in [6.07, 6.45) is 1.37. The first-order valence-corrected chi connectivity index (χ1v) is 7.41. The fraction of sp³-hybridized carbons (Fsp3) is 0.562. The van der Waals surface area contributed by atoms with Gasteiger partial charge in [-0.25, -0.2) is 0 Å². The number of methoxy groups -OCH3 is 1. The van der Waals surface area contributed by atoms with Crippen molar-refractivity contribution >= 4 is 5.91 Å². The van der Waals surface area contributed by atoms with Gasteiger partial charge in [-0.3, -0.25) is 4.79 Å². The van der Waals surface area contributed by atoms with Crippen molar-refractivity contribution in [1.29, 1.82) is 0 Å². The minimum absolute atomic E-state index is 0.133. The van der Waals surface area contributed by atoms with E-state index in [-0.39, 0.29) is 11.9 Å². The molecule has 0 bridgehead atoms. The Morgan fingerprint density at radius 3 is 2.71 bits per heavy atom. The van der Waals surface area contributed by atoms with Gasteiger partial charge in [0.25, 0.3) is 0 Å². The summed E-state index contributed by atoms with van der Waals surface area (Å²) >= 11 is 0. The van der Waals surface area contributed by atoms with Crippen molar-refractivity contribution in [2.75, 3.05) is 26.8 Å². The monoisotopic (exact) mass is 292 g/mol. The standard InChI is InChI=1S/C16H24N2O3/c1-12-9-13(10-17)11-18(12)16(19)7-8-21-15-6-4-3-5-14(15)20-2/h3-6,12-13H,7-11,17H2,1-2H3. The van der Waals surface area contributed by atoms with E-state index in [2.05, 4.69) is 6.92 Å². The number of nitrogens with zero attached hydrogens (tertiary/aromatic N) is 1. The Bertz CT molecular complexity index is 478. The summed E-state index contributed by atoms with van der Waals surface area (Å²) in [6, 6.07) is 7.72. The van der Waals surface area contributed by atoms with Gasteiger partial charge < -0.3 is 20.1 Å². The molecule has 1 aromatic rings. The Balaban J connectivity index is 1.82. The average Bonchev–Trinajstić information content (AvgIpc) is 2.89. The summed E-state index contributed by atoms with van der Waals surface area (Å²) in [5.74, 6) is 1.91. The first-order valence-electron chi connectivity index (χ1n) is 7.41. The number of carbonyl (C=O) groups excluding carboxylic acids is 1. The van der Waals surface area contributed by atoms with E-state index in [0.29, 0.717) is 37.0 Å². The zero-order chi connectivity index (χ0) is 15.2. The maximum Gasteiger partial charge on any atom is 0.226 e. The number of para-hydroxylation sites is 2. The number of rotatable bonds is 6. The van der Waals surface area contributed by atoms with Gasteiger partial charge in [0, 0.05) is 12.6 Å². The number of amides is 1. The summed E-state index contributed by atoms with van der Waals surface area (Å²) in [5, 5.41) is 0. The van der Waals surface area contributed by atoms with E-state index in [9.17, 15) is 4.79 Å². The highest BCUT2D eigenvalue weighted by molar-refractivity contribution is 5.77. The molecule has 2 N–H and O–H groups in total. The summed E-state index contributed by atoms with van der Waals surface area (Å²) in [4.78, 5) is 14.2. The molecule has 2 atom stereocenters. The van der Waals surface area contributed by atoms with Gasteiger partial charge in [0.1, 0.15) is 0 Å². The molecule has 21 heavy (non-hydrogen) atoms. The van der Waals surface area contributed by atoms with E-state index in [1.54, 1.807) is 7.11 Å². The third-order valence-electron chi connectivity index (χ3n) is 3.96. The van der Waals surface area contributed by atoms with Crippen LogP contribution in [0.15, 0.2) is 24.3 Å². The van der Waals surface area contributed by atoms with Crippen LogP contribution >= 0.6 is 0 Å². The fourth-order valence-corrected chi connectivity index (χ4v) is 2.79. The molecular formula is C16H24N2O3. The minimum Gasteiger partial charge on any atom is -0.493 e. The number of likely N-dealkylation sites (tertiary alicyclic amines) is 1. The molecule has 1 fully saturated rings. The zero-order valence-electron chi connectivity index (χ0n) is 12.7. The van der Waals surface area contributed by atoms with E-state index in [4.69, 9.17) is 15.2 Å². The molecule has 1 heterocycles. The lowest BCUT2D eigenvalue weighted by Crippen LogP contribution is -2.35. The van der Waals surface area contributed by atoms with Crippen molar-refractivity contribution in [2.24, 2.45) is 11.7 Å². The molecule has 1 saturated heterocycles. The third kappa shape index (κ3) is 3.88. The summed E-state index contributed by atoms with van der Waals surface area (Å²) in [5.41, 5.74) is 5.69. The highest BCUT2D eigenvalue weighted by Crippen LogP contribution is 2.26. The van der Waals surface area contributed by atoms with Crippen molar-refractivity contribution in [2.45, 2.75) is 25.8 Å². The second-order valence-electron chi connectivity index (χ2n) is 5.48. The van der Waals surface area contributed by atoms with Crippen LogP contribution in [0.25, 0.3) is 0 Å². The van der Waals surface area contributed by atoms with Crippen molar-refractivity contribution in [3.8, 4) is 11.5 Å². The van der Waals surface area contributed by atoms with E-state index in [1.807, 2.05) is 29.2 Å². The zero-order valence-corrected chi connectivity index (χ0v) is 12.7. The van der Waals surface area contributed by atoms with Crippen molar-refractivity contribution in [3.63, 3.8) is 0 Å². The first-order chi connectivity index (χ1) is 10.2. The highest BCUT2D eigenvalue weighted by Gasteiger charge is 2.31. The number of ether oxygens (including phenoxy) is 2. The van der Waals surface area contributed by atoms with E-state index >= 15 is 0 Å². The molecule has 1 aliphatic rings. The number of carbonyl (C=O) groups is 1. The molecule has 0 aliphatic carbocycles. The molecule has 0 spiro atoms. The summed E-state index contributed by atoms with van der Waals surface area (Å²) in [7, 11) is 1.60. The van der Waals surface area contributed by atoms with Crippen LogP contribution in [0, 0.1) is 5.92 Å². The molecule has 5 nitrogen and oxygen atoms in total. The van der Waals surface area contributed by atoms with Gasteiger partial charge in [-0.1, -0.05) is 12.1 Å². The Morgan fingerprint density at radius 1 is 1.38 bits per heavy atom. The molecule has 116 valence electrons. The quantitative estimate of drug-likeness (QED) is 0.866. The lowest BCUT2D eigenvalue weighted by molar-refractivity contribution is -0.132.